The third kappa shape index (κ3) is 6.05. The molecule has 0 radical (unpaired) electrons. The van der Waals surface area contributed by atoms with Crippen molar-refractivity contribution >= 4 is 17.7 Å². The van der Waals surface area contributed by atoms with Crippen LogP contribution in [0.4, 0.5) is 4.79 Å². The smallest absolute Gasteiger partial charge is 0.321 e. The molecule has 2 aliphatic rings. The van der Waals surface area contributed by atoms with Crippen molar-refractivity contribution < 1.29 is 19.1 Å². The van der Waals surface area contributed by atoms with Crippen molar-refractivity contribution in [2.24, 2.45) is 11.8 Å². The molecule has 2 atom stereocenters. The Hall–Kier alpha value is -2.41. The molecule has 1 heterocycles. The van der Waals surface area contributed by atoms with Gasteiger partial charge in [0.25, 0.3) is 0 Å². The number of nitrogens with one attached hydrogen (secondary N) is 2. The predicted molar refractivity (Wildman–Crippen MR) is 115 cm³/mol. The van der Waals surface area contributed by atoms with Gasteiger partial charge in [-0.3, -0.25) is 19.8 Å². The van der Waals surface area contributed by atoms with E-state index in [1.807, 2.05) is 4.90 Å². The molecule has 1 aliphatic heterocycles. The Balaban J connectivity index is 1.39. The second-order valence-electron chi connectivity index (χ2n) is 8.53. The average Bonchev–Trinajstić information content (AvgIpc) is 2.75. The van der Waals surface area contributed by atoms with Crippen LogP contribution in [0.3, 0.4) is 0 Å². The Morgan fingerprint density at radius 2 is 1.70 bits per heavy atom. The summed E-state index contributed by atoms with van der Waals surface area (Å²) >= 11 is 0. The third-order valence-electron chi connectivity index (χ3n) is 6.38. The second kappa shape index (κ2) is 10.6. The van der Waals surface area contributed by atoms with E-state index in [1.54, 1.807) is 31.4 Å². The minimum Gasteiger partial charge on any atom is -0.497 e. The molecule has 7 heteroatoms. The number of benzene rings is 1. The molecule has 2 fully saturated rings. The molecule has 0 spiro atoms. The number of carbonyl (C=O) groups excluding carboxylic acids is 3. The van der Waals surface area contributed by atoms with Crippen molar-refractivity contribution in [3.63, 3.8) is 0 Å². The van der Waals surface area contributed by atoms with Crippen LogP contribution in [0.15, 0.2) is 24.3 Å². The number of rotatable bonds is 6. The van der Waals surface area contributed by atoms with Crippen molar-refractivity contribution in [2.75, 3.05) is 26.7 Å². The Labute approximate surface area is 178 Å². The average molecular weight is 416 g/mol. The number of nitrogens with zero attached hydrogens (tertiary/aromatic N) is 1. The number of methoxy groups -OCH3 is 1. The van der Waals surface area contributed by atoms with Crippen molar-refractivity contribution in [3.8, 4) is 5.75 Å². The number of ether oxygens (including phenoxy) is 1. The van der Waals surface area contributed by atoms with Crippen molar-refractivity contribution in [1.82, 2.24) is 15.5 Å². The lowest BCUT2D eigenvalue weighted by atomic mass is 9.86. The molecular formula is C23H33N3O4. The van der Waals surface area contributed by atoms with Gasteiger partial charge >= 0.3 is 6.03 Å². The van der Waals surface area contributed by atoms with Crippen LogP contribution in [-0.4, -0.2) is 55.4 Å². The maximum atomic E-state index is 12.7. The van der Waals surface area contributed by atoms with Gasteiger partial charge in [-0.05, 0) is 69.0 Å². The summed E-state index contributed by atoms with van der Waals surface area (Å²) in [7, 11) is 1.60. The van der Waals surface area contributed by atoms with Crippen LogP contribution >= 0.6 is 0 Å². The number of carbonyl (C=O) groups is 3. The van der Waals surface area contributed by atoms with Gasteiger partial charge in [-0.2, -0.15) is 0 Å². The Morgan fingerprint density at radius 3 is 2.33 bits per heavy atom. The maximum Gasteiger partial charge on any atom is 0.321 e. The zero-order valence-electron chi connectivity index (χ0n) is 18.0. The number of likely N-dealkylation sites (tertiary alicyclic amines) is 1. The normalized spacial score (nSPS) is 22.9. The van der Waals surface area contributed by atoms with Gasteiger partial charge in [0, 0.05) is 17.5 Å². The predicted octanol–water partition coefficient (Wildman–Crippen LogP) is 2.99. The van der Waals surface area contributed by atoms with E-state index in [9.17, 15) is 14.4 Å². The number of ketones is 1. The lowest BCUT2D eigenvalue weighted by molar-refractivity contribution is -0.121. The first kappa shape index (κ1) is 22.3. The van der Waals surface area contributed by atoms with Crippen LogP contribution in [0.5, 0.6) is 5.75 Å². The quantitative estimate of drug-likeness (QED) is 0.698. The van der Waals surface area contributed by atoms with Gasteiger partial charge in [0.15, 0.2) is 5.78 Å². The van der Waals surface area contributed by atoms with Gasteiger partial charge in [-0.15, -0.1) is 0 Å². The highest BCUT2D eigenvalue weighted by molar-refractivity contribution is 5.98. The van der Waals surface area contributed by atoms with Gasteiger partial charge in [0.2, 0.25) is 5.91 Å². The molecule has 7 nitrogen and oxygen atoms in total. The van der Waals surface area contributed by atoms with E-state index in [-0.39, 0.29) is 30.2 Å². The van der Waals surface area contributed by atoms with Crippen LogP contribution in [0, 0.1) is 11.8 Å². The highest BCUT2D eigenvalue weighted by Gasteiger charge is 2.27. The summed E-state index contributed by atoms with van der Waals surface area (Å²) in [6, 6.07) is 6.94. The van der Waals surface area contributed by atoms with Crippen LogP contribution in [0.25, 0.3) is 0 Å². The molecule has 3 rings (SSSR count). The minimum absolute atomic E-state index is 0.0335. The number of hydrogen-bond donors (Lipinski definition) is 2. The molecule has 1 aromatic carbocycles. The monoisotopic (exact) mass is 415 g/mol. The zero-order valence-corrected chi connectivity index (χ0v) is 18.0. The van der Waals surface area contributed by atoms with Crippen molar-refractivity contribution in [1.29, 1.82) is 0 Å². The lowest BCUT2D eigenvalue weighted by Gasteiger charge is -2.31. The van der Waals surface area contributed by atoms with Crippen LogP contribution in [0.2, 0.25) is 0 Å². The zero-order chi connectivity index (χ0) is 21.5. The molecule has 1 saturated carbocycles. The summed E-state index contributed by atoms with van der Waals surface area (Å²) in [6.07, 6.45) is 5.83. The SMILES string of the molecule is COc1ccc(C(=O)C2CCN(CC(=O)NC(=O)NC3CCCCC3C)CC2)cc1. The molecule has 0 bridgehead atoms. The molecule has 2 unspecified atom stereocenters. The Bertz CT molecular complexity index is 741. The first-order valence-corrected chi connectivity index (χ1v) is 11.0. The highest BCUT2D eigenvalue weighted by atomic mass is 16.5. The second-order valence-corrected chi connectivity index (χ2v) is 8.53. The summed E-state index contributed by atoms with van der Waals surface area (Å²) in [5.74, 6) is 0.989. The number of imide groups is 1. The van der Waals surface area contributed by atoms with E-state index in [1.165, 1.54) is 6.42 Å². The largest absolute Gasteiger partial charge is 0.497 e. The van der Waals surface area contributed by atoms with Crippen LogP contribution < -0.4 is 15.4 Å². The van der Waals surface area contributed by atoms with E-state index >= 15 is 0 Å². The molecule has 164 valence electrons. The van der Waals surface area contributed by atoms with Gasteiger partial charge in [-0.1, -0.05) is 19.8 Å². The summed E-state index contributed by atoms with van der Waals surface area (Å²) in [4.78, 5) is 39.1. The van der Waals surface area contributed by atoms with Gasteiger partial charge in [0.05, 0.1) is 13.7 Å². The van der Waals surface area contributed by atoms with Crippen LogP contribution in [0.1, 0.15) is 55.8 Å². The summed E-state index contributed by atoms with van der Waals surface area (Å²) < 4.78 is 5.14. The van der Waals surface area contributed by atoms with Gasteiger partial charge < -0.3 is 10.1 Å². The number of piperidine rings is 1. The van der Waals surface area contributed by atoms with Gasteiger partial charge in [-0.25, -0.2) is 4.79 Å². The molecule has 1 aliphatic carbocycles. The fraction of sp³-hybridized carbons (Fsp3) is 0.609. The summed E-state index contributed by atoms with van der Waals surface area (Å²) in [5, 5.41) is 5.40. The van der Waals surface area contributed by atoms with E-state index in [0.29, 0.717) is 37.4 Å². The molecule has 1 saturated heterocycles. The first-order valence-electron chi connectivity index (χ1n) is 11.0. The maximum absolute atomic E-state index is 12.7. The van der Waals surface area contributed by atoms with Crippen molar-refractivity contribution in [2.45, 2.75) is 51.5 Å². The van der Waals surface area contributed by atoms with E-state index in [4.69, 9.17) is 4.74 Å². The number of hydrogen-bond acceptors (Lipinski definition) is 5. The van der Waals surface area contributed by atoms with E-state index < -0.39 is 6.03 Å². The molecular weight excluding hydrogens is 382 g/mol. The topological polar surface area (TPSA) is 87.7 Å². The Kier molecular flexibility index (Phi) is 7.85. The Morgan fingerprint density at radius 1 is 1.03 bits per heavy atom. The molecule has 1 aromatic rings. The third-order valence-corrected chi connectivity index (χ3v) is 6.38. The fourth-order valence-corrected chi connectivity index (χ4v) is 4.45. The summed E-state index contributed by atoms with van der Waals surface area (Å²) in [6.45, 7) is 3.66. The highest BCUT2D eigenvalue weighted by Crippen LogP contribution is 2.24. The number of urea groups is 1. The lowest BCUT2D eigenvalue weighted by Crippen LogP contribution is -2.50. The van der Waals surface area contributed by atoms with Gasteiger partial charge in [0.1, 0.15) is 5.75 Å². The molecule has 30 heavy (non-hydrogen) atoms. The first-order chi connectivity index (χ1) is 14.5. The molecule has 0 aromatic heterocycles. The van der Waals surface area contributed by atoms with E-state index in [0.717, 1.165) is 25.0 Å². The minimum atomic E-state index is -0.400. The van der Waals surface area contributed by atoms with Crippen LogP contribution in [-0.2, 0) is 4.79 Å². The van der Waals surface area contributed by atoms with E-state index in [2.05, 4.69) is 17.6 Å². The molecule has 2 N–H and O–H groups in total. The number of amides is 3. The summed E-state index contributed by atoms with van der Waals surface area (Å²) in [5.41, 5.74) is 0.695. The fourth-order valence-electron chi connectivity index (χ4n) is 4.45. The van der Waals surface area contributed by atoms with Crippen molar-refractivity contribution in [3.05, 3.63) is 29.8 Å². The standard InChI is InChI=1S/C23H33N3O4/c1-16-5-3-4-6-20(16)24-23(29)25-21(27)15-26-13-11-18(12-14-26)22(28)17-7-9-19(30-2)10-8-17/h7-10,16,18,20H,3-6,11-15H2,1-2H3,(H2,24,25,27,29). The molecule has 3 amide bonds. The number of Topliss-reactive ketones (excluding diaryl/α,β-unsaturated/α-hetero) is 1.